The van der Waals surface area contributed by atoms with Crippen LogP contribution in [0.3, 0.4) is 0 Å². The predicted octanol–water partition coefficient (Wildman–Crippen LogP) is 0.772. The summed E-state index contributed by atoms with van der Waals surface area (Å²) in [6.07, 6.45) is -0.0538. The quantitative estimate of drug-likeness (QED) is 0.710. The van der Waals surface area contributed by atoms with Gasteiger partial charge in [0.25, 0.3) is 5.91 Å². The minimum absolute atomic E-state index is 0.0538. The van der Waals surface area contributed by atoms with Gasteiger partial charge in [-0.1, -0.05) is 0 Å². The van der Waals surface area contributed by atoms with Gasteiger partial charge in [-0.05, 0) is 25.1 Å². The van der Waals surface area contributed by atoms with E-state index in [2.05, 4.69) is 5.32 Å². The van der Waals surface area contributed by atoms with Gasteiger partial charge in [-0.15, -0.1) is 0 Å². The van der Waals surface area contributed by atoms with Gasteiger partial charge in [0.2, 0.25) is 0 Å². The normalized spacial score (nSPS) is 14.8. The Hall–Kier alpha value is -2.77. The third kappa shape index (κ3) is 3.27. The number of fused-ring (bicyclic) bond motifs is 1. The van der Waals surface area contributed by atoms with Gasteiger partial charge >= 0.3 is 11.9 Å². The Morgan fingerprint density at radius 2 is 2.14 bits per heavy atom. The molecule has 1 aromatic rings. The van der Waals surface area contributed by atoms with Crippen LogP contribution in [0.15, 0.2) is 18.2 Å². The van der Waals surface area contributed by atoms with E-state index in [1.165, 1.54) is 11.8 Å². The van der Waals surface area contributed by atoms with E-state index in [0.717, 1.165) is 0 Å². The molecule has 0 fully saturated rings. The molecule has 0 aliphatic carbocycles. The molecule has 22 heavy (non-hydrogen) atoms. The minimum Gasteiger partial charge on any atom is -0.482 e. The van der Waals surface area contributed by atoms with Crippen LogP contribution in [0.25, 0.3) is 0 Å². The molecule has 0 saturated heterocycles. The maximum Gasteiger partial charge on any atom is 0.326 e. The summed E-state index contributed by atoms with van der Waals surface area (Å²) >= 11 is 0. The third-order valence-corrected chi connectivity index (χ3v) is 3.25. The van der Waals surface area contributed by atoms with Crippen LogP contribution in [0.1, 0.15) is 13.3 Å². The fraction of sp³-hybridized carbons (Fsp3) is 0.357. The number of carboxylic acid groups (broad SMARTS) is 2. The van der Waals surface area contributed by atoms with Crippen LogP contribution >= 0.6 is 0 Å². The molecule has 118 valence electrons. The summed E-state index contributed by atoms with van der Waals surface area (Å²) in [4.78, 5) is 34.8. The van der Waals surface area contributed by atoms with Gasteiger partial charge in [-0.25, -0.2) is 4.79 Å². The second-order valence-electron chi connectivity index (χ2n) is 4.82. The largest absolute Gasteiger partial charge is 0.482 e. The summed E-state index contributed by atoms with van der Waals surface area (Å²) in [6.45, 7) is 1.42. The number of nitrogens with zero attached hydrogens (tertiary/aromatic N) is 1. The maximum atomic E-state index is 12.0. The van der Waals surface area contributed by atoms with Crippen molar-refractivity contribution in [1.82, 2.24) is 0 Å². The smallest absolute Gasteiger partial charge is 0.326 e. The monoisotopic (exact) mass is 308 g/mol. The molecule has 0 spiro atoms. The Bertz CT molecular complexity index is 615. The predicted molar refractivity (Wildman–Crippen MR) is 77.3 cm³/mol. The van der Waals surface area contributed by atoms with Crippen LogP contribution < -0.4 is 15.0 Å². The molecule has 0 bridgehead atoms. The van der Waals surface area contributed by atoms with Crippen molar-refractivity contribution < 1.29 is 29.3 Å². The van der Waals surface area contributed by atoms with E-state index in [1.54, 1.807) is 18.2 Å². The number of hydrogen-bond acceptors (Lipinski definition) is 5. The lowest BCUT2D eigenvalue weighted by Crippen LogP contribution is -2.48. The molecule has 1 aromatic carbocycles. The van der Waals surface area contributed by atoms with Crippen LogP contribution in [-0.2, 0) is 14.4 Å². The summed E-state index contributed by atoms with van der Waals surface area (Å²) in [5, 5.41) is 20.7. The number of amides is 1. The number of ether oxygens (including phenoxy) is 1. The van der Waals surface area contributed by atoms with Gasteiger partial charge in [0, 0.05) is 12.2 Å². The first-order chi connectivity index (χ1) is 10.4. The number of carbonyl (C=O) groups is 3. The van der Waals surface area contributed by atoms with Gasteiger partial charge in [-0.3, -0.25) is 14.5 Å². The van der Waals surface area contributed by atoms with Gasteiger partial charge in [0.15, 0.2) is 6.61 Å². The number of hydrogen-bond donors (Lipinski definition) is 3. The summed E-state index contributed by atoms with van der Waals surface area (Å²) < 4.78 is 5.29. The van der Waals surface area contributed by atoms with Crippen LogP contribution in [-0.4, -0.2) is 47.3 Å². The fourth-order valence-corrected chi connectivity index (χ4v) is 2.13. The summed E-state index contributed by atoms with van der Waals surface area (Å²) in [5.41, 5.74) is 0.937. The van der Waals surface area contributed by atoms with E-state index in [4.69, 9.17) is 14.9 Å². The first-order valence-electron chi connectivity index (χ1n) is 6.67. The summed E-state index contributed by atoms with van der Waals surface area (Å²) in [6, 6.07) is 3.85. The highest BCUT2D eigenvalue weighted by molar-refractivity contribution is 6.02. The Morgan fingerprint density at radius 3 is 2.77 bits per heavy atom. The molecule has 8 heteroatoms. The van der Waals surface area contributed by atoms with Crippen molar-refractivity contribution in [2.45, 2.75) is 19.4 Å². The van der Waals surface area contributed by atoms with E-state index in [0.29, 0.717) is 17.1 Å². The molecule has 3 N–H and O–H groups in total. The average Bonchev–Trinajstić information content (AvgIpc) is 2.46. The number of anilines is 2. The highest BCUT2D eigenvalue weighted by atomic mass is 16.5. The van der Waals surface area contributed by atoms with Gasteiger partial charge in [0.05, 0.1) is 12.1 Å². The van der Waals surface area contributed by atoms with E-state index >= 15 is 0 Å². The SMILES string of the molecule is CC(C(=O)O)N1C(=O)COc2ccc(NCCC(=O)O)cc21. The van der Waals surface area contributed by atoms with Crippen molar-refractivity contribution >= 4 is 29.2 Å². The zero-order valence-electron chi connectivity index (χ0n) is 11.9. The Balaban J connectivity index is 2.26. The molecule has 2 rings (SSSR count). The maximum absolute atomic E-state index is 12.0. The highest BCUT2D eigenvalue weighted by Crippen LogP contribution is 2.35. The molecule has 1 atom stereocenters. The second-order valence-corrected chi connectivity index (χ2v) is 4.82. The molecule has 0 radical (unpaired) electrons. The number of rotatable bonds is 6. The lowest BCUT2D eigenvalue weighted by Gasteiger charge is -2.32. The third-order valence-electron chi connectivity index (χ3n) is 3.25. The van der Waals surface area contributed by atoms with Crippen LogP contribution in [0.2, 0.25) is 0 Å². The molecule has 8 nitrogen and oxygen atoms in total. The van der Waals surface area contributed by atoms with E-state index in [-0.39, 0.29) is 19.6 Å². The lowest BCUT2D eigenvalue weighted by atomic mass is 10.1. The van der Waals surface area contributed by atoms with E-state index < -0.39 is 23.9 Å². The minimum atomic E-state index is -1.12. The standard InChI is InChI=1S/C14H16N2O6/c1-8(14(20)21)16-10-6-9(15-5-4-13(18)19)2-3-11(10)22-7-12(16)17/h2-3,6,8,15H,4-5,7H2,1H3,(H,18,19)(H,20,21). The van der Waals surface area contributed by atoms with Gasteiger partial charge in [0.1, 0.15) is 11.8 Å². The Morgan fingerprint density at radius 1 is 1.41 bits per heavy atom. The zero-order valence-corrected chi connectivity index (χ0v) is 11.9. The average molecular weight is 308 g/mol. The van der Waals surface area contributed by atoms with Gasteiger partial charge in [-0.2, -0.15) is 0 Å². The molecular formula is C14H16N2O6. The van der Waals surface area contributed by atoms with Crippen LogP contribution in [0.5, 0.6) is 5.75 Å². The van der Waals surface area contributed by atoms with Crippen molar-refractivity contribution in [1.29, 1.82) is 0 Å². The molecule has 1 amide bonds. The van der Waals surface area contributed by atoms with Crippen LogP contribution in [0, 0.1) is 0 Å². The van der Waals surface area contributed by atoms with Crippen LogP contribution in [0.4, 0.5) is 11.4 Å². The molecule has 1 unspecified atom stereocenters. The van der Waals surface area contributed by atoms with Crippen molar-refractivity contribution in [3.05, 3.63) is 18.2 Å². The number of benzene rings is 1. The highest BCUT2D eigenvalue weighted by Gasteiger charge is 2.33. The fourth-order valence-electron chi connectivity index (χ4n) is 2.13. The van der Waals surface area contributed by atoms with Crippen molar-refractivity contribution in [2.75, 3.05) is 23.4 Å². The number of carbonyl (C=O) groups excluding carboxylic acids is 1. The van der Waals surface area contributed by atoms with Gasteiger partial charge < -0.3 is 20.3 Å². The molecule has 0 saturated carbocycles. The second kappa shape index (κ2) is 6.33. The number of carboxylic acids is 2. The van der Waals surface area contributed by atoms with E-state index in [1.807, 2.05) is 0 Å². The van der Waals surface area contributed by atoms with E-state index in [9.17, 15) is 14.4 Å². The number of nitrogens with one attached hydrogen (secondary N) is 1. The summed E-state index contributed by atoms with van der Waals surface area (Å²) in [7, 11) is 0. The molecule has 1 aliphatic rings. The summed E-state index contributed by atoms with van der Waals surface area (Å²) in [5.74, 6) is -2.07. The topological polar surface area (TPSA) is 116 Å². The Kier molecular flexibility index (Phi) is 4.50. The number of aliphatic carboxylic acids is 2. The Labute approximate surface area is 126 Å². The molecule has 1 heterocycles. The van der Waals surface area contributed by atoms with Crippen molar-refractivity contribution in [3.8, 4) is 5.75 Å². The zero-order chi connectivity index (χ0) is 16.3. The lowest BCUT2D eigenvalue weighted by molar-refractivity contribution is -0.140. The molecule has 0 aromatic heterocycles. The molecule has 1 aliphatic heterocycles. The van der Waals surface area contributed by atoms with Crippen molar-refractivity contribution in [2.24, 2.45) is 0 Å². The molecular weight excluding hydrogens is 292 g/mol. The first kappa shape index (κ1) is 15.6. The van der Waals surface area contributed by atoms with Crippen molar-refractivity contribution in [3.63, 3.8) is 0 Å². The first-order valence-corrected chi connectivity index (χ1v) is 6.67.